The van der Waals surface area contributed by atoms with Crippen LogP contribution < -0.4 is 10.1 Å². The van der Waals surface area contributed by atoms with Crippen molar-refractivity contribution in [3.05, 3.63) is 11.5 Å². The zero-order valence-electron chi connectivity index (χ0n) is 8.16. The van der Waals surface area contributed by atoms with E-state index in [9.17, 15) is 0 Å². The standard InChI is InChI=1S/C9H14ClN3O/c1-13-6-12-8(10)9(13)14-7-2-4-11-5-3-7/h6-7,11H,2-5H2,1H3. The molecule has 5 heteroatoms. The molecule has 1 aromatic rings. The largest absolute Gasteiger partial charge is 0.473 e. The van der Waals surface area contributed by atoms with Gasteiger partial charge in [-0.05, 0) is 25.9 Å². The molecule has 0 aromatic carbocycles. The third-order valence-electron chi connectivity index (χ3n) is 2.41. The second-order valence-corrected chi connectivity index (χ2v) is 3.88. The summed E-state index contributed by atoms with van der Waals surface area (Å²) in [7, 11) is 1.88. The van der Waals surface area contributed by atoms with E-state index in [1.165, 1.54) is 0 Å². The van der Waals surface area contributed by atoms with Crippen molar-refractivity contribution in [2.75, 3.05) is 13.1 Å². The Morgan fingerprint density at radius 1 is 1.57 bits per heavy atom. The number of imidazole rings is 1. The molecule has 78 valence electrons. The van der Waals surface area contributed by atoms with Crippen LogP contribution in [0.3, 0.4) is 0 Å². The lowest BCUT2D eigenvalue weighted by Gasteiger charge is -2.23. The van der Waals surface area contributed by atoms with Crippen LogP contribution in [-0.2, 0) is 7.05 Å². The number of hydrogen-bond donors (Lipinski definition) is 1. The van der Waals surface area contributed by atoms with Crippen LogP contribution in [0.5, 0.6) is 5.88 Å². The molecular formula is C9H14ClN3O. The lowest BCUT2D eigenvalue weighted by atomic mass is 10.1. The van der Waals surface area contributed by atoms with Crippen molar-refractivity contribution in [1.29, 1.82) is 0 Å². The lowest BCUT2D eigenvalue weighted by Crippen LogP contribution is -2.34. The summed E-state index contributed by atoms with van der Waals surface area (Å²) in [5, 5.41) is 3.74. The van der Waals surface area contributed by atoms with Gasteiger partial charge in [0, 0.05) is 7.05 Å². The average molecular weight is 216 g/mol. The van der Waals surface area contributed by atoms with Gasteiger partial charge in [0.1, 0.15) is 6.10 Å². The number of aryl methyl sites for hydroxylation is 1. The molecule has 0 saturated carbocycles. The SMILES string of the molecule is Cn1cnc(Cl)c1OC1CCNCC1. The van der Waals surface area contributed by atoms with E-state index in [4.69, 9.17) is 16.3 Å². The van der Waals surface area contributed by atoms with E-state index in [2.05, 4.69) is 10.3 Å². The van der Waals surface area contributed by atoms with Gasteiger partial charge in [-0.15, -0.1) is 0 Å². The Labute approximate surface area is 88.2 Å². The summed E-state index contributed by atoms with van der Waals surface area (Å²) in [6, 6.07) is 0. The van der Waals surface area contributed by atoms with Gasteiger partial charge in [-0.25, -0.2) is 4.98 Å². The number of nitrogens with one attached hydrogen (secondary N) is 1. The predicted octanol–water partition coefficient (Wildman–Crippen LogP) is 1.20. The molecule has 0 unspecified atom stereocenters. The summed E-state index contributed by atoms with van der Waals surface area (Å²) in [6.07, 6.45) is 3.99. The molecule has 1 aliphatic heterocycles. The molecule has 0 radical (unpaired) electrons. The minimum Gasteiger partial charge on any atom is -0.473 e. The van der Waals surface area contributed by atoms with Crippen molar-refractivity contribution in [2.24, 2.45) is 7.05 Å². The third kappa shape index (κ3) is 2.01. The lowest BCUT2D eigenvalue weighted by molar-refractivity contribution is 0.151. The van der Waals surface area contributed by atoms with Gasteiger partial charge in [0.15, 0.2) is 5.15 Å². The summed E-state index contributed by atoms with van der Waals surface area (Å²) < 4.78 is 7.60. The van der Waals surface area contributed by atoms with Gasteiger partial charge in [-0.3, -0.25) is 0 Å². The fraction of sp³-hybridized carbons (Fsp3) is 0.667. The van der Waals surface area contributed by atoms with Gasteiger partial charge in [0.25, 0.3) is 0 Å². The minimum absolute atomic E-state index is 0.268. The molecule has 0 spiro atoms. The Bertz CT molecular complexity index is 288. The highest BCUT2D eigenvalue weighted by Gasteiger charge is 2.17. The van der Waals surface area contributed by atoms with E-state index in [0.717, 1.165) is 25.9 Å². The van der Waals surface area contributed by atoms with Crippen LogP contribution >= 0.6 is 11.6 Å². The van der Waals surface area contributed by atoms with Gasteiger partial charge < -0.3 is 14.6 Å². The van der Waals surface area contributed by atoms with Crippen molar-refractivity contribution in [3.63, 3.8) is 0 Å². The fourth-order valence-corrected chi connectivity index (χ4v) is 1.81. The highest BCUT2D eigenvalue weighted by atomic mass is 35.5. The van der Waals surface area contributed by atoms with Crippen molar-refractivity contribution < 1.29 is 4.74 Å². The number of ether oxygens (including phenoxy) is 1. The Morgan fingerprint density at radius 2 is 2.29 bits per heavy atom. The second-order valence-electron chi connectivity index (χ2n) is 3.52. The van der Waals surface area contributed by atoms with Crippen LogP contribution in [0.1, 0.15) is 12.8 Å². The zero-order chi connectivity index (χ0) is 9.97. The molecule has 0 atom stereocenters. The average Bonchev–Trinajstić information content (AvgIpc) is 2.51. The summed E-state index contributed by atoms with van der Waals surface area (Å²) in [4.78, 5) is 3.97. The fourth-order valence-electron chi connectivity index (χ4n) is 1.59. The first-order valence-corrected chi connectivity index (χ1v) is 5.19. The molecule has 0 amide bonds. The Morgan fingerprint density at radius 3 is 2.86 bits per heavy atom. The smallest absolute Gasteiger partial charge is 0.233 e. The number of aromatic nitrogens is 2. The van der Waals surface area contributed by atoms with Crippen LogP contribution in [0.2, 0.25) is 5.15 Å². The van der Waals surface area contributed by atoms with Crippen molar-refractivity contribution in [3.8, 4) is 5.88 Å². The highest BCUT2D eigenvalue weighted by molar-refractivity contribution is 6.30. The number of halogens is 1. The molecule has 1 fully saturated rings. The topological polar surface area (TPSA) is 39.1 Å². The van der Waals surface area contributed by atoms with Gasteiger partial charge in [-0.1, -0.05) is 11.6 Å². The molecule has 2 rings (SSSR count). The monoisotopic (exact) mass is 215 g/mol. The van der Waals surface area contributed by atoms with E-state index >= 15 is 0 Å². The molecule has 1 N–H and O–H groups in total. The predicted molar refractivity (Wildman–Crippen MR) is 54.7 cm³/mol. The normalized spacial score (nSPS) is 18.4. The number of nitrogens with zero attached hydrogens (tertiary/aromatic N) is 2. The summed E-state index contributed by atoms with van der Waals surface area (Å²) in [5.41, 5.74) is 0. The van der Waals surface area contributed by atoms with Crippen molar-refractivity contribution in [1.82, 2.24) is 14.9 Å². The first kappa shape index (κ1) is 9.80. The van der Waals surface area contributed by atoms with Crippen molar-refractivity contribution >= 4 is 11.6 Å². The van der Waals surface area contributed by atoms with E-state index < -0.39 is 0 Å². The maximum absolute atomic E-state index is 5.89. The first-order chi connectivity index (χ1) is 6.77. The van der Waals surface area contributed by atoms with Crippen molar-refractivity contribution in [2.45, 2.75) is 18.9 Å². The van der Waals surface area contributed by atoms with Crippen LogP contribution in [0.15, 0.2) is 6.33 Å². The third-order valence-corrected chi connectivity index (χ3v) is 2.66. The molecule has 2 heterocycles. The van der Waals surface area contributed by atoms with E-state index in [-0.39, 0.29) is 6.10 Å². The summed E-state index contributed by atoms with van der Waals surface area (Å²) >= 11 is 5.89. The molecule has 0 bridgehead atoms. The molecule has 0 aliphatic carbocycles. The van der Waals surface area contributed by atoms with Gasteiger partial charge >= 0.3 is 0 Å². The molecule has 4 nitrogen and oxygen atoms in total. The van der Waals surface area contributed by atoms with Gasteiger partial charge in [0.2, 0.25) is 5.88 Å². The zero-order valence-corrected chi connectivity index (χ0v) is 8.92. The van der Waals surface area contributed by atoms with Crippen LogP contribution in [0.4, 0.5) is 0 Å². The first-order valence-electron chi connectivity index (χ1n) is 4.81. The Balaban J connectivity index is 2.02. The number of hydrogen-bond acceptors (Lipinski definition) is 3. The Kier molecular flexibility index (Phi) is 2.93. The molecule has 14 heavy (non-hydrogen) atoms. The summed E-state index contributed by atoms with van der Waals surface area (Å²) in [6.45, 7) is 2.03. The molecule has 1 aromatic heterocycles. The maximum Gasteiger partial charge on any atom is 0.233 e. The quantitative estimate of drug-likeness (QED) is 0.806. The van der Waals surface area contributed by atoms with E-state index in [0.29, 0.717) is 11.0 Å². The van der Waals surface area contributed by atoms with Crippen LogP contribution in [-0.4, -0.2) is 28.7 Å². The number of rotatable bonds is 2. The van der Waals surface area contributed by atoms with E-state index in [1.54, 1.807) is 6.33 Å². The molecule has 1 aliphatic rings. The number of piperidine rings is 1. The highest BCUT2D eigenvalue weighted by Crippen LogP contribution is 2.24. The molecule has 1 saturated heterocycles. The van der Waals surface area contributed by atoms with Crippen LogP contribution in [0, 0.1) is 0 Å². The molecular weight excluding hydrogens is 202 g/mol. The second kappa shape index (κ2) is 4.19. The van der Waals surface area contributed by atoms with Gasteiger partial charge in [0.05, 0.1) is 6.33 Å². The Hall–Kier alpha value is -0.740. The summed E-state index contributed by atoms with van der Waals surface area (Å²) in [5.74, 6) is 0.679. The van der Waals surface area contributed by atoms with E-state index in [1.807, 2.05) is 11.6 Å². The maximum atomic E-state index is 5.89. The van der Waals surface area contributed by atoms with Crippen LogP contribution in [0.25, 0.3) is 0 Å². The minimum atomic E-state index is 0.268. The van der Waals surface area contributed by atoms with Gasteiger partial charge in [-0.2, -0.15) is 0 Å².